The highest BCUT2D eigenvalue weighted by Gasteiger charge is 2.31. The van der Waals surface area contributed by atoms with Gasteiger partial charge in [-0.1, -0.05) is 60.7 Å². The van der Waals surface area contributed by atoms with Gasteiger partial charge in [-0.15, -0.1) is 0 Å². The van der Waals surface area contributed by atoms with Gasteiger partial charge >= 0.3 is 12.1 Å². The molecular formula is C31H34N6O7. The second kappa shape index (κ2) is 15.2. The minimum atomic E-state index is -1.17. The first-order valence-electron chi connectivity index (χ1n) is 14.2. The Morgan fingerprint density at radius 1 is 0.909 bits per heavy atom. The van der Waals surface area contributed by atoms with Gasteiger partial charge in [0.05, 0.1) is 13.0 Å². The first-order chi connectivity index (χ1) is 21.2. The molecule has 1 saturated heterocycles. The van der Waals surface area contributed by atoms with Crippen LogP contribution in [-0.4, -0.2) is 93.5 Å². The van der Waals surface area contributed by atoms with Gasteiger partial charge < -0.3 is 30.3 Å². The minimum absolute atomic E-state index is 0.0856. The number of carboxylic acids is 1. The molecule has 0 aliphatic carbocycles. The number of rotatable bonds is 11. The van der Waals surface area contributed by atoms with Crippen LogP contribution in [0, 0.1) is 0 Å². The Balaban J connectivity index is 1.53. The van der Waals surface area contributed by atoms with Gasteiger partial charge in [0.1, 0.15) is 17.6 Å². The molecule has 0 saturated carbocycles. The molecule has 230 valence electrons. The van der Waals surface area contributed by atoms with E-state index in [0.717, 1.165) is 5.56 Å². The number of hydrogen-bond donors (Lipinski definition) is 3. The third-order valence-electron chi connectivity index (χ3n) is 6.83. The number of nitrogens with one attached hydrogen (secondary N) is 2. The summed E-state index contributed by atoms with van der Waals surface area (Å²) in [5.41, 5.74) is 1.27. The van der Waals surface area contributed by atoms with Gasteiger partial charge in [0, 0.05) is 44.2 Å². The molecule has 0 spiro atoms. The van der Waals surface area contributed by atoms with E-state index in [4.69, 9.17) is 4.74 Å². The predicted octanol–water partition coefficient (Wildman–Crippen LogP) is 2.59. The average Bonchev–Trinajstić information content (AvgIpc) is 3.03. The predicted molar refractivity (Wildman–Crippen MR) is 160 cm³/mol. The van der Waals surface area contributed by atoms with Crippen LogP contribution in [0.2, 0.25) is 0 Å². The standard InChI is InChI=1S/C31H34N6O7/c1-2-44-31(43)37-17-15-36(16-18-37)30(42)23(13-14-27(39)40)33-29(41)24-20-25(34-26(38)19-21-9-5-3-6-10-21)35-28(32-24)22-11-7-4-8-12-22/h3-12,20,23H,2,13-19H2,1H3,(H,33,41)(H,39,40)(H,32,34,35,38). The van der Waals surface area contributed by atoms with Crippen molar-refractivity contribution in [1.29, 1.82) is 0 Å². The molecular weight excluding hydrogens is 568 g/mol. The Morgan fingerprint density at radius 2 is 1.55 bits per heavy atom. The summed E-state index contributed by atoms with van der Waals surface area (Å²) in [4.78, 5) is 74.9. The van der Waals surface area contributed by atoms with E-state index in [1.54, 1.807) is 31.2 Å². The molecule has 1 aromatic heterocycles. The van der Waals surface area contributed by atoms with E-state index in [-0.39, 0.29) is 75.3 Å². The van der Waals surface area contributed by atoms with E-state index < -0.39 is 29.9 Å². The van der Waals surface area contributed by atoms with Crippen molar-refractivity contribution in [3.05, 3.63) is 78.0 Å². The number of amides is 4. The molecule has 1 unspecified atom stereocenters. The zero-order valence-electron chi connectivity index (χ0n) is 24.3. The summed E-state index contributed by atoms with van der Waals surface area (Å²) in [6.45, 7) is 2.80. The molecule has 3 N–H and O–H groups in total. The van der Waals surface area contributed by atoms with Crippen LogP contribution in [0.3, 0.4) is 0 Å². The van der Waals surface area contributed by atoms with E-state index in [1.165, 1.54) is 15.9 Å². The van der Waals surface area contributed by atoms with Gasteiger partial charge in [-0.05, 0) is 18.9 Å². The Hall–Kier alpha value is -5.33. The lowest BCUT2D eigenvalue weighted by Crippen LogP contribution is -2.56. The van der Waals surface area contributed by atoms with Crippen LogP contribution in [0.15, 0.2) is 66.7 Å². The Kier molecular flexibility index (Phi) is 10.9. The highest BCUT2D eigenvalue weighted by Crippen LogP contribution is 2.19. The average molecular weight is 603 g/mol. The van der Waals surface area contributed by atoms with Crippen LogP contribution < -0.4 is 10.6 Å². The van der Waals surface area contributed by atoms with Crippen molar-refractivity contribution < 1.29 is 33.8 Å². The SMILES string of the molecule is CCOC(=O)N1CCN(C(=O)C(CCC(=O)O)NC(=O)c2cc(NC(=O)Cc3ccccc3)nc(-c3ccccc3)n2)CC1. The number of piperazine rings is 1. The summed E-state index contributed by atoms with van der Waals surface area (Å²) in [7, 11) is 0. The van der Waals surface area contributed by atoms with Crippen molar-refractivity contribution in [2.24, 2.45) is 0 Å². The van der Waals surface area contributed by atoms with Crippen molar-refractivity contribution in [2.75, 3.05) is 38.1 Å². The molecule has 0 radical (unpaired) electrons. The van der Waals surface area contributed by atoms with Crippen LogP contribution in [0.25, 0.3) is 11.4 Å². The van der Waals surface area contributed by atoms with Gasteiger partial charge in [0.15, 0.2) is 5.82 Å². The zero-order valence-corrected chi connectivity index (χ0v) is 24.3. The van der Waals surface area contributed by atoms with Crippen LogP contribution in [0.1, 0.15) is 35.8 Å². The van der Waals surface area contributed by atoms with E-state index >= 15 is 0 Å². The number of aliphatic carboxylic acids is 1. The number of benzene rings is 2. The maximum absolute atomic E-state index is 13.5. The third-order valence-corrected chi connectivity index (χ3v) is 6.83. The van der Waals surface area contributed by atoms with E-state index in [0.29, 0.717) is 5.56 Å². The molecule has 1 aliphatic rings. The molecule has 1 fully saturated rings. The number of carbonyl (C=O) groups is 5. The van der Waals surface area contributed by atoms with E-state index in [9.17, 15) is 29.1 Å². The maximum Gasteiger partial charge on any atom is 0.409 e. The highest BCUT2D eigenvalue weighted by atomic mass is 16.6. The Morgan fingerprint density at radius 3 is 2.18 bits per heavy atom. The van der Waals surface area contributed by atoms with Gasteiger partial charge in [-0.25, -0.2) is 14.8 Å². The summed E-state index contributed by atoms with van der Waals surface area (Å²) in [6.07, 6.45) is -0.906. The van der Waals surface area contributed by atoms with Crippen LogP contribution in [0.4, 0.5) is 10.6 Å². The molecule has 1 aliphatic heterocycles. The number of ether oxygens (including phenoxy) is 1. The smallest absolute Gasteiger partial charge is 0.409 e. The molecule has 4 rings (SSSR count). The van der Waals surface area contributed by atoms with Crippen molar-refractivity contribution in [1.82, 2.24) is 25.1 Å². The second-order valence-electron chi connectivity index (χ2n) is 10.0. The second-order valence-corrected chi connectivity index (χ2v) is 10.0. The monoisotopic (exact) mass is 602 g/mol. The fourth-order valence-electron chi connectivity index (χ4n) is 4.61. The summed E-state index contributed by atoms with van der Waals surface area (Å²) in [6, 6.07) is 18.1. The van der Waals surface area contributed by atoms with Crippen molar-refractivity contribution in [3.63, 3.8) is 0 Å². The fraction of sp³-hybridized carbons (Fsp3) is 0.323. The number of anilines is 1. The van der Waals surface area contributed by atoms with Gasteiger partial charge in [0.2, 0.25) is 11.8 Å². The lowest BCUT2D eigenvalue weighted by atomic mass is 10.1. The molecule has 2 aromatic carbocycles. The number of carbonyl (C=O) groups excluding carboxylic acids is 4. The normalized spacial score (nSPS) is 13.5. The Labute approximate surface area is 254 Å². The van der Waals surface area contributed by atoms with Crippen LogP contribution in [0.5, 0.6) is 0 Å². The highest BCUT2D eigenvalue weighted by molar-refractivity contribution is 5.98. The zero-order chi connectivity index (χ0) is 31.5. The summed E-state index contributed by atoms with van der Waals surface area (Å²) < 4.78 is 5.02. The van der Waals surface area contributed by atoms with Crippen LogP contribution >= 0.6 is 0 Å². The molecule has 13 nitrogen and oxygen atoms in total. The molecule has 13 heteroatoms. The first-order valence-corrected chi connectivity index (χ1v) is 14.2. The van der Waals surface area contributed by atoms with E-state index in [2.05, 4.69) is 20.6 Å². The summed E-state index contributed by atoms with van der Waals surface area (Å²) in [5.74, 6) is -2.42. The summed E-state index contributed by atoms with van der Waals surface area (Å²) in [5, 5.41) is 14.6. The number of aromatic nitrogens is 2. The van der Waals surface area contributed by atoms with E-state index in [1.807, 2.05) is 36.4 Å². The molecule has 44 heavy (non-hydrogen) atoms. The van der Waals surface area contributed by atoms with Gasteiger partial charge in [0.25, 0.3) is 5.91 Å². The first kappa shape index (κ1) is 31.6. The Bertz CT molecular complexity index is 1480. The molecule has 2 heterocycles. The third kappa shape index (κ3) is 8.84. The topological polar surface area (TPSA) is 171 Å². The lowest BCUT2D eigenvalue weighted by molar-refractivity contribution is -0.138. The number of hydrogen-bond acceptors (Lipinski definition) is 8. The fourth-order valence-corrected chi connectivity index (χ4v) is 4.61. The number of carboxylic acid groups (broad SMARTS) is 1. The molecule has 0 bridgehead atoms. The van der Waals surface area contributed by atoms with Gasteiger partial charge in [-0.2, -0.15) is 0 Å². The van der Waals surface area contributed by atoms with Crippen molar-refractivity contribution in [2.45, 2.75) is 32.2 Å². The lowest BCUT2D eigenvalue weighted by Gasteiger charge is -2.35. The van der Waals surface area contributed by atoms with Crippen LogP contribution in [-0.2, 0) is 25.5 Å². The molecule has 1 atom stereocenters. The largest absolute Gasteiger partial charge is 0.481 e. The summed E-state index contributed by atoms with van der Waals surface area (Å²) >= 11 is 0. The van der Waals surface area contributed by atoms with Crippen molar-refractivity contribution >= 4 is 35.6 Å². The maximum atomic E-state index is 13.5. The minimum Gasteiger partial charge on any atom is -0.481 e. The molecule has 4 amide bonds. The van der Waals surface area contributed by atoms with Crippen molar-refractivity contribution in [3.8, 4) is 11.4 Å². The molecule has 3 aromatic rings. The quantitative estimate of drug-likeness (QED) is 0.298. The van der Waals surface area contributed by atoms with Gasteiger partial charge in [-0.3, -0.25) is 19.2 Å². The number of nitrogens with zero attached hydrogens (tertiary/aromatic N) is 4.